The van der Waals surface area contributed by atoms with Gasteiger partial charge in [-0.1, -0.05) is 6.92 Å². The highest BCUT2D eigenvalue weighted by molar-refractivity contribution is 5.88. The molecule has 18 heavy (non-hydrogen) atoms. The minimum atomic E-state index is -1.73. The van der Waals surface area contributed by atoms with Crippen LogP contribution >= 0.6 is 0 Å². The first-order valence-electron chi connectivity index (χ1n) is 5.54. The molecule has 2 rings (SSSR count). The Labute approximate surface area is 105 Å². The van der Waals surface area contributed by atoms with E-state index in [1.165, 1.54) is 0 Å². The van der Waals surface area contributed by atoms with E-state index in [9.17, 15) is 15.8 Å². The Morgan fingerprint density at radius 2 is 1.72 bits per heavy atom. The molecule has 1 N–H and O–H groups in total. The van der Waals surface area contributed by atoms with E-state index in [0.717, 1.165) is 0 Å². The van der Waals surface area contributed by atoms with E-state index in [-0.39, 0.29) is 5.90 Å². The maximum Gasteiger partial charge on any atom is 0.214 e. The molecule has 0 saturated carbocycles. The Kier molecular flexibility index (Phi) is 2.21. The maximum atomic E-state index is 9.51. The van der Waals surface area contributed by atoms with Crippen molar-refractivity contribution >= 4 is 5.90 Å². The fraction of sp³-hybridized carbons (Fsp3) is 0.667. The highest BCUT2D eigenvalue weighted by Gasteiger charge is 2.77. The molecule has 2 aliphatic rings. The van der Waals surface area contributed by atoms with E-state index in [0.29, 0.717) is 0 Å². The van der Waals surface area contributed by atoms with Crippen LogP contribution < -0.4 is 0 Å². The monoisotopic (exact) mass is 244 g/mol. The van der Waals surface area contributed by atoms with Gasteiger partial charge < -0.3 is 9.47 Å². The van der Waals surface area contributed by atoms with Gasteiger partial charge in [-0.25, -0.2) is 0 Å². The molecule has 0 amide bonds. The highest BCUT2D eigenvalue weighted by Crippen LogP contribution is 2.62. The lowest BCUT2D eigenvalue weighted by atomic mass is 9.55. The zero-order valence-corrected chi connectivity index (χ0v) is 10.3. The van der Waals surface area contributed by atoms with Crippen LogP contribution in [0.4, 0.5) is 0 Å². The maximum absolute atomic E-state index is 9.51. The zero-order chi connectivity index (χ0) is 13.8. The Balaban J connectivity index is 2.81. The van der Waals surface area contributed by atoms with E-state index < -0.39 is 28.6 Å². The molecule has 2 heterocycles. The van der Waals surface area contributed by atoms with Crippen molar-refractivity contribution in [3.8, 4) is 18.2 Å². The van der Waals surface area contributed by atoms with Crippen LogP contribution in [0.15, 0.2) is 0 Å². The second-order valence-electron chi connectivity index (χ2n) is 4.88. The molecule has 0 radical (unpaired) electrons. The van der Waals surface area contributed by atoms with Crippen LogP contribution in [0.25, 0.3) is 0 Å². The van der Waals surface area contributed by atoms with Crippen molar-refractivity contribution in [2.45, 2.75) is 32.7 Å². The average molecular weight is 244 g/mol. The van der Waals surface area contributed by atoms with Crippen molar-refractivity contribution in [2.75, 3.05) is 0 Å². The van der Waals surface area contributed by atoms with Crippen molar-refractivity contribution in [1.82, 2.24) is 0 Å². The summed E-state index contributed by atoms with van der Waals surface area (Å²) in [6.07, 6.45) is -0.809. The first-order chi connectivity index (χ1) is 8.34. The van der Waals surface area contributed by atoms with Crippen LogP contribution in [-0.4, -0.2) is 17.8 Å². The summed E-state index contributed by atoms with van der Waals surface area (Å²) in [6.45, 7) is 4.85. The molecular weight excluding hydrogens is 232 g/mol. The fourth-order valence-corrected chi connectivity index (χ4v) is 2.99. The molecule has 2 fully saturated rings. The van der Waals surface area contributed by atoms with Gasteiger partial charge in [-0.2, -0.15) is 15.8 Å². The van der Waals surface area contributed by atoms with Gasteiger partial charge >= 0.3 is 0 Å². The smallest absolute Gasteiger partial charge is 0.214 e. The molecule has 0 aliphatic carbocycles. The first-order valence-corrected chi connectivity index (χ1v) is 5.54. The van der Waals surface area contributed by atoms with Gasteiger partial charge in [0.15, 0.2) is 10.8 Å². The van der Waals surface area contributed by atoms with Crippen LogP contribution in [0.2, 0.25) is 0 Å². The second kappa shape index (κ2) is 3.22. The molecule has 0 unspecified atom stereocenters. The van der Waals surface area contributed by atoms with E-state index in [1.807, 2.05) is 18.2 Å². The summed E-state index contributed by atoms with van der Waals surface area (Å²) in [5.74, 6) is -2.06. The molecule has 92 valence electrons. The molecule has 2 bridgehead atoms. The van der Waals surface area contributed by atoms with Crippen molar-refractivity contribution in [3.63, 3.8) is 0 Å². The number of nitrogens with one attached hydrogen (secondary N) is 1. The zero-order valence-electron chi connectivity index (χ0n) is 10.3. The Bertz CT molecular complexity index is 538. The third kappa shape index (κ3) is 0.929. The summed E-state index contributed by atoms with van der Waals surface area (Å²) in [4.78, 5) is 0. The molecule has 0 aromatic rings. The van der Waals surface area contributed by atoms with Gasteiger partial charge in [0.25, 0.3) is 0 Å². The van der Waals surface area contributed by atoms with Gasteiger partial charge in [0.05, 0.1) is 30.2 Å². The molecule has 0 spiro atoms. The van der Waals surface area contributed by atoms with Crippen LogP contribution in [0, 0.1) is 56.2 Å². The van der Waals surface area contributed by atoms with Gasteiger partial charge in [-0.15, -0.1) is 0 Å². The standard InChI is InChI=1S/C12H12N4O2/c1-7-10(3)17-8(2)11(4-13,5-14)12(7,6-15)9(16)18-10/h7-8,16H,1-3H3/t7-,8+,10+,12+/m1/s1. The lowest BCUT2D eigenvalue weighted by Crippen LogP contribution is -2.60. The second-order valence-corrected chi connectivity index (χ2v) is 4.88. The van der Waals surface area contributed by atoms with Gasteiger partial charge in [0, 0.05) is 6.92 Å². The largest absolute Gasteiger partial charge is 0.448 e. The highest BCUT2D eigenvalue weighted by atomic mass is 16.7. The summed E-state index contributed by atoms with van der Waals surface area (Å²) < 4.78 is 11.0. The van der Waals surface area contributed by atoms with Crippen LogP contribution in [0.1, 0.15) is 20.8 Å². The molecule has 2 saturated heterocycles. The van der Waals surface area contributed by atoms with Gasteiger partial charge in [0.1, 0.15) is 0 Å². The molecule has 4 atom stereocenters. The predicted octanol–water partition coefficient (Wildman–Crippen LogP) is 1.31. The predicted molar refractivity (Wildman–Crippen MR) is 58.6 cm³/mol. The van der Waals surface area contributed by atoms with Crippen LogP contribution in [0.3, 0.4) is 0 Å². The number of fused-ring (bicyclic) bond motifs is 2. The number of nitrogens with zero attached hydrogens (tertiary/aromatic N) is 3. The first kappa shape index (κ1) is 12.4. The molecule has 0 aromatic heterocycles. The third-order valence-corrected chi connectivity index (χ3v) is 4.27. The van der Waals surface area contributed by atoms with Crippen molar-refractivity contribution < 1.29 is 9.47 Å². The number of hydrogen-bond acceptors (Lipinski definition) is 6. The normalized spacial score (nSPS) is 44.3. The van der Waals surface area contributed by atoms with Crippen LogP contribution in [-0.2, 0) is 9.47 Å². The topological polar surface area (TPSA) is 114 Å². The molecular formula is C12H12N4O2. The third-order valence-electron chi connectivity index (χ3n) is 4.27. The summed E-state index contributed by atoms with van der Waals surface area (Å²) in [6, 6.07) is 5.75. The van der Waals surface area contributed by atoms with E-state index >= 15 is 0 Å². The van der Waals surface area contributed by atoms with Crippen molar-refractivity contribution in [2.24, 2.45) is 16.7 Å². The lowest BCUT2D eigenvalue weighted by molar-refractivity contribution is -0.260. The van der Waals surface area contributed by atoms with Gasteiger partial charge in [-0.3, -0.25) is 5.41 Å². The fourth-order valence-electron chi connectivity index (χ4n) is 2.99. The Hall–Kier alpha value is -2.10. The Morgan fingerprint density at radius 3 is 2.17 bits per heavy atom. The number of rotatable bonds is 0. The number of nitriles is 3. The van der Waals surface area contributed by atoms with Crippen LogP contribution in [0.5, 0.6) is 0 Å². The SMILES string of the molecule is C[C@@H]1O[C@@]2(C)OC(=N)[C@](C#N)([C@@H]2C)C1(C#N)C#N. The van der Waals surface area contributed by atoms with E-state index in [4.69, 9.17) is 14.9 Å². The minimum absolute atomic E-state index is 0.354. The summed E-state index contributed by atoms with van der Waals surface area (Å²) >= 11 is 0. The summed E-state index contributed by atoms with van der Waals surface area (Å²) in [5.41, 5.74) is -3.31. The summed E-state index contributed by atoms with van der Waals surface area (Å²) in [7, 11) is 0. The summed E-state index contributed by atoms with van der Waals surface area (Å²) in [5, 5.41) is 36.2. The van der Waals surface area contributed by atoms with E-state index in [2.05, 4.69) is 0 Å². The molecule has 6 nitrogen and oxygen atoms in total. The Morgan fingerprint density at radius 1 is 1.17 bits per heavy atom. The molecule has 2 aliphatic heterocycles. The average Bonchev–Trinajstić information content (AvgIpc) is 2.47. The molecule has 6 heteroatoms. The lowest BCUT2D eigenvalue weighted by Gasteiger charge is -2.46. The number of hydrogen-bond donors (Lipinski definition) is 1. The van der Waals surface area contributed by atoms with Crippen molar-refractivity contribution in [1.29, 1.82) is 21.2 Å². The van der Waals surface area contributed by atoms with E-state index in [1.54, 1.807) is 20.8 Å². The van der Waals surface area contributed by atoms with Gasteiger partial charge in [0.2, 0.25) is 11.7 Å². The molecule has 0 aromatic carbocycles. The quantitative estimate of drug-likeness (QED) is 0.689. The van der Waals surface area contributed by atoms with Gasteiger partial charge in [-0.05, 0) is 6.92 Å². The number of ether oxygens (including phenoxy) is 2. The minimum Gasteiger partial charge on any atom is -0.448 e. The van der Waals surface area contributed by atoms with Crippen molar-refractivity contribution in [3.05, 3.63) is 0 Å².